The number of ether oxygens (including phenoxy) is 2. The van der Waals surface area contributed by atoms with Gasteiger partial charge in [0.25, 0.3) is 0 Å². The number of hydrogen-bond acceptors (Lipinski definition) is 7. The summed E-state index contributed by atoms with van der Waals surface area (Å²) >= 11 is 0. The number of amides is 2. The number of furan rings is 1. The van der Waals surface area contributed by atoms with E-state index < -0.39 is 35.1 Å². The van der Waals surface area contributed by atoms with Crippen LogP contribution in [-0.2, 0) is 9.47 Å². The monoisotopic (exact) mass is 381 g/mol. The number of nitrogens with zero attached hydrogens (tertiary/aromatic N) is 3. The van der Waals surface area contributed by atoms with E-state index in [-0.39, 0.29) is 12.3 Å². The maximum Gasteiger partial charge on any atom is 0.532 e. The van der Waals surface area contributed by atoms with Gasteiger partial charge in [-0.1, -0.05) is 6.08 Å². The summed E-state index contributed by atoms with van der Waals surface area (Å²) in [7, 11) is 0. The quantitative estimate of drug-likeness (QED) is 0.402. The smallest absolute Gasteiger partial charge is 0.465 e. The Bertz CT molecular complexity index is 695. The molecule has 0 aliphatic rings. The molecule has 0 fully saturated rings. The van der Waals surface area contributed by atoms with E-state index in [0.29, 0.717) is 5.01 Å². The fraction of sp³-hybridized carbons (Fsp3) is 0.412. The fourth-order valence-corrected chi connectivity index (χ4v) is 1.88. The van der Waals surface area contributed by atoms with Gasteiger partial charge < -0.3 is 24.0 Å². The van der Waals surface area contributed by atoms with Crippen LogP contribution in [0.25, 0.3) is 6.08 Å². The van der Waals surface area contributed by atoms with Crippen molar-refractivity contribution in [3.8, 4) is 0 Å². The first-order chi connectivity index (χ1) is 12.7. The van der Waals surface area contributed by atoms with Crippen LogP contribution in [0.2, 0.25) is 0 Å². The molecule has 1 heterocycles. The molecular weight excluding hydrogens is 358 g/mol. The van der Waals surface area contributed by atoms with Crippen LogP contribution in [0, 0.1) is 10.1 Å². The van der Waals surface area contributed by atoms with Crippen molar-refractivity contribution in [2.75, 3.05) is 6.54 Å². The number of rotatable bonds is 7. The molecule has 0 saturated heterocycles. The first-order valence-corrected chi connectivity index (χ1v) is 8.16. The lowest BCUT2D eigenvalue weighted by atomic mass is 10.4. The molecule has 0 radical (unpaired) electrons. The van der Waals surface area contributed by atoms with Crippen LogP contribution in [0.15, 0.2) is 41.3 Å². The second-order valence-electron chi connectivity index (χ2n) is 5.82. The topological polar surface area (TPSA) is 115 Å². The summed E-state index contributed by atoms with van der Waals surface area (Å²) in [5.74, 6) is -0.641. The van der Waals surface area contributed by atoms with Crippen LogP contribution in [0.3, 0.4) is 0 Å². The molecule has 0 N–H and O–H groups in total. The zero-order valence-corrected chi connectivity index (χ0v) is 15.7. The highest BCUT2D eigenvalue weighted by molar-refractivity contribution is 5.76. The van der Waals surface area contributed by atoms with Gasteiger partial charge in [-0.2, -0.15) is 4.79 Å². The third-order valence-corrected chi connectivity index (χ3v) is 2.82. The van der Waals surface area contributed by atoms with Crippen molar-refractivity contribution in [2.45, 2.75) is 39.9 Å². The Labute approximate surface area is 156 Å². The highest BCUT2D eigenvalue weighted by atomic mass is 16.6. The maximum absolute atomic E-state index is 12.6. The molecule has 0 aliphatic carbocycles. The summed E-state index contributed by atoms with van der Waals surface area (Å²) in [4.78, 5) is 35.8. The van der Waals surface area contributed by atoms with Gasteiger partial charge in [0, 0.05) is 0 Å². The van der Waals surface area contributed by atoms with Crippen LogP contribution in [0.4, 0.5) is 9.59 Å². The van der Waals surface area contributed by atoms with Gasteiger partial charge in [0.1, 0.15) is 11.9 Å². The molecule has 1 rings (SSSR count). The average Bonchev–Trinajstić information content (AvgIpc) is 3.04. The van der Waals surface area contributed by atoms with Crippen LogP contribution in [0.5, 0.6) is 0 Å². The maximum atomic E-state index is 12.6. The molecule has 27 heavy (non-hydrogen) atoms. The SMILES string of the molecule is C=CCN(C(=O)OC(C)C)N(C(=O)OC(C)C)/C(=C\c1ccco1)[N+](=O)[O-]. The predicted molar refractivity (Wildman–Crippen MR) is 95.7 cm³/mol. The van der Waals surface area contributed by atoms with Gasteiger partial charge in [-0.15, -0.1) is 11.6 Å². The molecule has 0 spiro atoms. The lowest BCUT2D eigenvalue weighted by molar-refractivity contribution is -0.449. The number of hydrazine groups is 1. The van der Waals surface area contributed by atoms with E-state index in [4.69, 9.17) is 13.9 Å². The molecule has 0 saturated carbocycles. The number of carbonyl (C=O) groups excluding carboxylic acids is 2. The lowest BCUT2D eigenvalue weighted by Crippen LogP contribution is -2.51. The van der Waals surface area contributed by atoms with Crippen molar-refractivity contribution in [3.63, 3.8) is 0 Å². The molecule has 0 aromatic carbocycles. The Hall–Kier alpha value is -3.30. The Kier molecular flexibility index (Phi) is 8.05. The Morgan fingerprint density at radius 3 is 2.30 bits per heavy atom. The molecule has 148 valence electrons. The molecule has 1 aromatic heterocycles. The van der Waals surface area contributed by atoms with E-state index in [1.165, 1.54) is 24.5 Å². The first kappa shape index (κ1) is 21.7. The van der Waals surface area contributed by atoms with Gasteiger partial charge in [-0.25, -0.2) is 4.79 Å². The third-order valence-electron chi connectivity index (χ3n) is 2.82. The number of hydrogen-bond donors (Lipinski definition) is 0. The van der Waals surface area contributed by atoms with Gasteiger partial charge >= 0.3 is 18.0 Å². The van der Waals surface area contributed by atoms with Crippen molar-refractivity contribution >= 4 is 18.3 Å². The predicted octanol–water partition coefficient (Wildman–Crippen LogP) is 3.65. The fourth-order valence-electron chi connectivity index (χ4n) is 1.88. The van der Waals surface area contributed by atoms with E-state index in [9.17, 15) is 19.7 Å². The molecule has 10 nitrogen and oxygen atoms in total. The van der Waals surface area contributed by atoms with Crippen molar-refractivity contribution in [3.05, 3.63) is 52.7 Å². The molecule has 0 aliphatic heterocycles. The summed E-state index contributed by atoms with van der Waals surface area (Å²) in [6.45, 7) is 9.63. The number of nitro groups is 1. The number of carbonyl (C=O) groups is 2. The van der Waals surface area contributed by atoms with E-state index in [1.807, 2.05) is 0 Å². The van der Waals surface area contributed by atoms with E-state index in [1.54, 1.807) is 27.7 Å². The summed E-state index contributed by atoms with van der Waals surface area (Å²) < 4.78 is 15.2. The van der Waals surface area contributed by atoms with E-state index >= 15 is 0 Å². The molecule has 10 heteroatoms. The second-order valence-corrected chi connectivity index (χ2v) is 5.82. The van der Waals surface area contributed by atoms with Crippen LogP contribution in [-0.4, -0.2) is 45.9 Å². The average molecular weight is 381 g/mol. The zero-order valence-electron chi connectivity index (χ0n) is 15.7. The Morgan fingerprint density at radius 1 is 1.26 bits per heavy atom. The largest absolute Gasteiger partial charge is 0.532 e. The first-order valence-electron chi connectivity index (χ1n) is 8.16. The highest BCUT2D eigenvalue weighted by Gasteiger charge is 2.42. The zero-order chi connectivity index (χ0) is 20.6. The third kappa shape index (κ3) is 6.49. The molecular formula is C17H23N3O7. The molecule has 1 aromatic rings. The van der Waals surface area contributed by atoms with Crippen LogP contribution < -0.4 is 0 Å². The highest BCUT2D eigenvalue weighted by Crippen LogP contribution is 2.19. The normalized spacial score (nSPS) is 11.3. The van der Waals surface area contributed by atoms with Gasteiger partial charge in [-0.05, 0) is 49.8 Å². The van der Waals surface area contributed by atoms with E-state index in [0.717, 1.165) is 11.1 Å². The van der Waals surface area contributed by atoms with Crippen molar-refractivity contribution < 1.29 is 28.4 Å². The summed E-state index contributed by atoms with van der Waals surface area (Å²) in [5, 5.41) is 12.9. The van der Waals surface area contributed by atoms with Crippen molar-refractivity contribution in [1.29, 1.82) is 0 Å². The van der Waals surface area contributed by atoms with Crippen LogP contribution in [0.1, 0.15) is 33.5 Å². The van der Waals surface area contributed by atoms with Crippen LogP contribution >= 0.6 is 0 Å². The minimum absolute atomic E-state index is 0.111. The van der Waals surface area contributed by atoms with E-state index in [2.05, 4.69) is 6.58 Å². The minimum Gasteiger partial charge on any atom is -0.465 e. The molecule has 2 amide bonds. The lowest BCUT2D eigenvalue weighted by Gasteiger charge is -2.27. The summed E-state index contributed by atoms with van der Waals surface area (Å²) in [5.41, 5.74) is 0. The standard InChI is InChI=1S/C17H23N3O7/c1-6-9-18(16(21)26-12(2)3)19(17(22)27-13(4)5)15(20(23)24)11-14-8-7-10-25-14/h6-8,10-13H,1,9H2,2-5H3/b15-11+. The van der Waals surface area contributed by atoms with Gasteiger partial charge in [0.2, 0.25) is 0 Å². The van der Waals surface area contributed by atoms with Gasteiger partial charge in [0.05, 0.1) is 25.0 Å². The second kappa shape index (κ2) is 10.00. The molecule has 0 bridgehead atoms. The van der Waals surface area contributed by atoms with Gasteiger partial charge in [-0.3, -0.25) is 0 Å². The van der Waals surface area contributed by atoms with Crippen molar-refractivity contribution in [2.24, 2.45) is 0 Å². The summed E-state index contributed by atoms with van der Waals surface area (Å²) in [6, 6.07) is 2.98. The Balaban J connectivity index is 3.45. The van der Waals surface area contributed by atoms with Crippen molar-refractivity contribution in [1.82, 2.24) is 10.0 Å². The van der Waals surface area contributed by atoms with Gasteiger partial charge in [0.15, 0.2) is 0 Å². The Morgan fingerprint density at radius 2 is 1.85 bits per heavy atom. The molecule has 0 unspecified atom stereocenters. The molecule has 0 atom stereocenters. The summed E-state index contributed by atoms with van der Waals surface area (Å²) in [6.07, 6.45) is 0.417. The minimum atomic E-state index is -1.12.